The first-order valence-corrected chi connectivity index (χ1v) is 5.37. The van der Waals surface area contributed by atoms with Crippen molar-refractivity contribution >= 4 is 5.91 Å². The van der Waals surface area contributed by atoms with Crippen molar-refractivity contribution in [3.8, 4) is 0 Å². The highest BCUT2D eigenvalue weighted by Gasteiger charge is 2.03. The molecule has 0 heterocycles. The fraction of sp³-hybridized carbons (Fsp3) is 0.308. The Morgan fingerprint density at radius 2 is 2.06 bits per heavy atom. The van der Waals surface area contributed by atoms with Crippen LogP contribution in [0.15, 0.2) is 36.4 Å². The van der Waals surface area contributed by atoms with Gasteiger partial charge in [0.25, 0.3) is 5.91 Å². The lowest BCUT2D eigenvalue weighted by atomic mass is 10.1. The average molecular weight is 219 g/mol. The maximum absolute atomic E-state index is 11.6. The van der Waals surface area contributed by atoms with Gasteiger partial charge in [0, 0.05) is 12.1 Å². The Balaban J connectivity index is 2.46. The second-order valence-electron chi connectivity index (χ2n) is 3.47. The molecule has 0 aliphatic rings. The Bertz CT molecular complexity index is 355. The van der Waals surface area contributed by atoms with Gasteiger partial charge in [-0.05, 0) is 31.0 Å². The summed E-state index contributed by atoms with van der Waals surface area (Å²) < 4.78 is 0. The predicted octanol–water partition coefficient (Wildman–Crippen LogP) is 1.87. The number of benzene rings is 1. The van der Waals surface area contributed by atoms with Crippen molar-refractivity contribution < 1.29 is 9.90 Å². The molecule has 0 saturated heterocycles. The summed E-state index contributed by atoms with van der Waals surface area (Å²) in [5.74, 6) is -0.0750. The molecule has 0 fully saturated rings. The molecule has 0 spiro atoms. The zero-order valence-electron chi connectivity index (χ0n) is 9.44. The van der Waals surface area contributed by atoms with Crippen LogP contribution < -0.4 is 5.32 Å². The van der Waals surface area contributed by atoms with E-state index in [1.807, 2.05) is 19.1 Å². The maximum Gasteiger partial charge on any atom is 0.251 e. The Kier molecular flexibility index (Phi) is 5.29. The topological polar surface area (TPSA) is 49.3 Å². The standard InChI is InChI=1S/C13H17NO2/c1-2-3-4-9-14-13(16)12-7-5-11(10-15)6-8-12/h2-3,5-8,15H,4,9-10H2,1H3,(H,14,16)/b3-2+. The van der Waals surface area contributed by atoms with Crippen LogP contribution in [-0.2, 0) is 6.61 Å². The van der Waals surface area contributed by atoms with Crippen LogP contribution >= 0.6 is 0 Å². The number of amides is 1. The first kappa shape index (κ1) is 12.5. The van der Waals surface area contributed by atoms with Crippen molar-refractivity contribution in [2.45, 2.75) is 20.0 Å². The third-order valence-corrected chi connectivity index (χ3v) is 2.23. The van der Waals surface area contributed by atoms with Crippen LogP contribution in [0.3, 0.4) is 0 Å². The molecule has 0 radical (unpaired) electrons. The van der Waals surface area contributed by atoms with Crippen LogP contribution in [0.4, 0.5) is 0 Å². The van der Waals surface area contributed by atoms with E-state index in [2.05, 4.69) is 5.32 Å². The molecule has 1 rings (SSSR count). The molecule has 0 atom stereocenters. The molecule has 0 aromatic heterocycles. The number of rotatable bonds is 5. The van der Waals surface area contributed by atoms with Crippen LogP contribution in [0.1, 0.15) is 29.3 Å². The number of aliphatic hydroxyl groups excluding tert-OH is 1. The molecule has 0 bridgehead atoms. The maximum atomic E-state index is 11.6. The summed E-state index contributed by atoms with van der Waals surface area (Å²) in [6, 6.07) is 6.94. The van der Waals surface area contributed by atoms with Gasteiger partial charge in [-0.15, -0.1) is 0 Å². The summed E-state index contributed by atoms with van der Waals surface area (Å²) in [4.78, 5) is 11.6. The first-order chi connectivity index (χ1) is 7.77. The minimum atomic E-state index is -0.0750. The Labute approximate surface area is 95.8 Å². The molecular formula is C13H17NO2. The van der Waals surface area contributed by atoms with Gasteiger partial charge in [-0.25, -0.2) is 0 Å². The number of aliphatic hydroxyl groups is 1. The number of carbonyl (C=O) groups excluding carboxylic acids is 1. The summed E-state index contributed by atoms with van der Waals surface area (Å²) in [6.45, 7) is 2.60. The SMILES string of the molecule is C/C=C/CCNC(=O)c1ccc(CO)cc1. The van der Waals surface area contributed by atoms with Crippen LogP contribution in [-0.4, -0.2) is 17.6 Å². The number of carbonyl (C=O) groups is 1. The van der Waals surface area contributed by atoms with Crippen molar-refractivity contribution in [1.82, 2.24) is 5.32 Å². The summed E-state index contributed by atoms with van der Waals surface area (Å²) in [7, 11) is 0. The summed E-state index contributed by atoms with van der Waals surface area (Å²) in [5, 5.41) is 11.7. The number of hydrogen-bond donors (Lipinski definition) is 2. The van der Waals surface area contributed by atoms with E-state index in [0.29, 0.717) is 12.1 Å². The molecular weight excluding hydrogens is 202 g/mol. The van der Waals surface area contributed by atoms with E-state index in [1.165, 1.54) is 0 Å². The Morgan fingerprint density at radius 1 is 1.38 bits per heavy atom. The highest BCUT2D eigenvalue weighted by atomic mass is 16.3. The number of allylic oxidation sites excluding steroid dienone is 1. The molecule has 2 N–H and O–H groups in total. The molecule has 0 aliphatic carbocycles. The van der Waals surface area contributed by atoms with Crippen LogP contribution in [0.5, 0.6) is 0 Å². The fourth-order valence-electron chi connectivity index (χ4n) is 1.30. The average Bonchev–Trinajstić information content (AvgIpc) is 2.34. The van der Waals surface area contributed by atoms with Crippen LogP contribution in [0.2, 0.25) is 0 Å². The smallest absolute Gasteiger partial charge is 0.251 e. The first-order valence-electron chi connectivity index (χ1n) is 5.37. The molecule has 3 nitrogen and oxygen atoms in total. The van der Waals surface area contributed by atoms with E-state index < -0.39 is 0 Å². The van der Waals surface area contributed by atoms with Crippen molar-refractivity contribution in [3.05, 3.63) is 47.5 Å². The zero-order chi connectivity index (χ0) is 11.8. The second kappa shape index (κ2) is 6.80. The summed E-state index contributed by atoms with van der Waals surface area (Å²) in [5.41, 5.74) is 1.43. The van der Waals surface area contributed by atoms with E-state index in [0.717, 1.165) is 12.0 Å². The predicted molar refractivity (Wildman–Crippen MR) is 64.1 cm³/mol. The molecule has 16 heavy (non-hydrogen) atoms. The second-order valence-corrected chi connectivity index (χ2v) is 3.47. The van der Waals surface area contributed by atoms with Gasteiger partial charge in [-0.2, -0.15) is 0 Å². The minimum absolute atomic E-state index is 0.00317. The zero-order valence-corrected chi connectivity index (χ0v) is 9.44. The van der Waals surface area contributed by atoms with Crippen LogP contribution in [0.25, 0.3) is 0 Å². The van der Waals surface area contributed by atoms with Gasteiger partial charge in [-0.1, -0.05) is 24.3 Å². The van der Waals surface area contributed by atoms with E-state index in [1.54, 1.807) is 24.3 Å². The Hall–Kier alpha value is -1.61. The fourth-order valence-corrected chi connectivity index (χ4v) is 1.30. The molecule has 1 aromatic rings. The van der Waals surface area contributed by atoms with Gasteiger partial charge in [0.15, 0.2) is 0 Å². The molecule has 0 aliphatic heterocycles. The monoisotopic (exact) mass is 219 g/mol. The van der Waals surface area contributed by atoms with Gasteiger partial charge in [0.2, 0.25) is 0 Å². The highest BCUT2D eigenvalue weighted by molar-refractivity contribution is 5.94. The van der Waals surface area contributed by atoms with Crippen molar-refractivity contribution in [2.75, 3.05) is 6.54 Å². The van der Waals surface area contributed by atoms with Crippen LogP contribution in [0, 0.1) is 0 Å². The molecule has 86 valence electrons. The third kappa shape index (κ3) is 3.87. The lowest BCUT2D eigenvalue weighted by molar-refractivity contribution is 0.0954. The summed E-state index contributed by atoms with van der Waals surface area (Å²) >= 11 is 0. The van der Waals surface area contributed by atoms with E-state index in [-0.39, 0.29) is 12.5 Å². The van der Waals surface area contributed by atoms with Crippen molar-refractivity contribution in [1.29, 1.82) is 0 Å². The van der Waals surface area contributed by atoms with Gasteiger partial charge in [-0.3, -0.25) is 4.79 Å². The molecule has 1 amide bonds. The van der Waals surface area contributed by atoms with Crippen molar-refractivity contribution in [3.63, 3.8) is 0 Å². The molecule has 0 saturated carbocycles. The van der Waals surface area contributed by atoms with Gasteiger partial charge >= 0.3 is 0 Å². The third-order valence-electron chi connectivity index (χ3n) is 2.23. The Morgan fingerprint density at radius 3 is 2.62 bits per heavy atom. The van der Waals surface area contributed by atoms with E-state index >= 15 is 0 Å². The lowest BCUT2D eigenvalue weighted by Crippen LogP contribution is -2.24. The van der Waals surface area contributed by atoms with E-state index in [9.17, 15) is 4.79 Å². The van der Waals surface area contributed by atoms with Crippen molar-refractivity contribution in [2.24, 2.45) is 0 Å². The lowest BCUT2D eigenvalue weighted by Gasteiger charge is -2.04. The van der Waals surface area contributed by atoms with Gasteiger partial charge in [0.1, 0.15) is 0 Å². The molecule has 0 unspecified atom stereocenters. The number of nitrogens with one attached hydrogen (secondary N) is 1. The summed E-state index contributed by atoms with van der Waals surface area (Å²) in [6.07, 6.45) is 4.81. The number of hydrogen-bond acceptors (Lipinski definition) is 2. The van der Waals surface area contributed by atoms with E-state index in [4.69, 9.17) is 5.11 Å². The van der Waals surface area contributed by atoms with Gasteiger partial charge in [0.05, 0.1) is 6.61 Å². The van der Waals surface area contributed by atoms with Gasteiger partial charge < -0.3 is 10.4 Å². The minimum Gasteiger partial charge on any atom is -0.392 e. The molecule has 1 aromatic carbocycles. The highest BCUT2D eigenvalue weighted by Crippen LogP contribution is 2.04. The quantitative estimate of drug-likeness (QED) is 0.586. The largest absolute Gasteiger partial charge is 0.392 e. The normalized spacial score (nSPS) is 10.6. The molecule has 3 heteroatoms.